The molecule has 0 spiro atoms. The first kappa shape index (κ1) is 13.5. The lowest BCUT2D eigenvalue weighted by atomic mass is 10.1. The Hall–Kier alpha value is -0.600. The Balaban J connectivity index is 2.29. The highest BCUT2D eigenvalue weighted by Crippen LogP contribution is 2.17. The van der Waals surface area contributed by atoms with Crippen LogP contribution in [0.25, 0.3) is 0 Å². The van der Waals surface area contributed by atoms with Gasteiger partial charge >= 0.3 is 0 Å². The fourth-order valence-electron chi connectivity index (χ4n) is 1.54. The van der Waals surface area contributed by atoms with Crippen molar-refractivity contribution in [3.05, 3.63) is 34.6 Å². The van der Waals surface area contributed by atoms with E-state index in [1.54, 1.807) is 18.2 Å². The minimum absolute atomic E-state index is 0.196. The van der Waals surface area contributed by atoms with E-state index in [1.807, 2.05) is 0 Å². The number of nitrogens with one attached hydrogen (secondary N) is 1. The highest BCUT2D eigenvalue weighted by Gasteiger charge is 2.04. The third-order valence-corrected chi connectivity index (χ3v) is 2.77. The Morgan fingerprint density at radius 2 is 2.12 bits per heavy atom. The van der Waals surface area contributed by atoms with Gasteiger partial charge in [-0.25, -0.2) is 4.39 Å². The molecule has 0 aliphatic carbocycles. The molecule has 3 heteroatoms. The molecule has 0 aliphatic rings. The van der Waals surface area contributed by atoms with Crippen LogP contribution in [0.2, 0.25) is 5.02 Å². The average Bonchev–Trinajstić information content (AvgIpc) is 2.23. The summed E-state index contributed by atoms with van der Waals surface area (Å²) in [6.07, 6.45) is 2.32. The molecule has 0 unspecified atom stereocenters. The van der Waals surface area contributed by atoms with Gasteiger partial charge in [0.15, 0.2) is 0 Å². The largest absolute Gasteiger partial charge is 0.313 e. The summed E-state index contributed by atoms with van der Waals surface area (Å²) in [5, 5.41) is 3.42. The van der Waals surface area contributed by atoms with Gasteiger partial charge in [-0.1, -0.05) is 37.6 Å². The summed E-state index contributed by atoms with van der Waals surface area (Å²) in [4.78, 5) is 0. The van der Waals surface area contributed by atoms with Gasteiger partial charge in [0.1, 0.15) is 5.82 Å². The van der Waals surface area contributed by atoms with E-state index in [2.05, 4.69) is 19.2 Å². The summed E-state index contributed by atoms with van der Waals surface area (Å²) in [6, 6.07) is 5.10. The van der Waals surface area contributed by atoms with E-state index in [9.17, 15) is 4.39 Å². The smallest absolute Gasteiger partial charge is 0.146 e. The summed E-state index contributed by atoms with van der Waals surface area (Å²) >= 11 is 5.69. The molecule has 0 atom stereocenters. The molecular weight excluding hydrogens is 225 g/mol. The van der Waals surface area contributed by atoms with E-state index in [1.165, 1.54) is 6.42 Å². The maximum Gasteiger partial charge on any atom is 0.146 e. The van der Waals surface area contributed by atoms with Crippen molar-refractivity contribution in [1.82, 2.24) is 5.32 Å². The normalized spacial score (nSPS) is 11.1. The maximum atomic E-state index is 13.5. The standard InChI is InChI=1S/C13H19ClFN/c1-10(2)5-4-8-16-9-11-6-3-7-12(14)13(11)15/h3,6-7,10,16H,4-5,8-9H2,1-2H3. The fourth-order valence-corrected chi connectivity index (χ4v) is 1.74. The molecule has 1 rings (SSSR count). The minimum Gasteiger partial charge on any atom is -0.313 e. The molecule has 0 aliphatic heterocycles. The van der Waals surface area contributed by atoms with Gasteiger partial charge in [-0.15, -0.1) is 0 Å². The lowest BCUT2D eigenvalue weighted by molar-refractivity contribution is 0.521. The fraction of sp³-hybridized carbons (Fsp3) is 0.538. The first-order valence-electron chi connectivity index (χ1n) is 5.75. The van der Waals surface area contributed by atoms with Crippen LogP contribution < -0.4 is 5.32 Å². The number of rotatable bonds is 6. The van der Waals surface area contributed by atoms with Gasteiger partial charge in [0.2, 0.25) is 0 Å². The molecule has 1 nitrogen and oxygen atoms in total. The van der Waals surface area contributed by atoms with Crippen molar-refractivity contribution in [1.29, 1.82) is 0 Å². The van der Waals surface area contributed by atoms with Crippen LogP contribution >= 0.6 is 11.6 Å². The Kier molecular flexibility index (Phi) is 5.78. The summed E-state index contributed by atoms with van der Waals surface area (Å²) in [7, 11) is 0. The number of hydrogen-bond donors (Lipinski definition) is 1. The van der Waals surface area contributed by atoms with E-state index in [0.29, 0.717) is 12.1 Å². The molecule has 16 heavy (non-hydrogen) atoms. The van der Waals surface area contributed by atoms with E-state index in [-0.39, 0.29) is 10.8 Å². The molecule has 90 valence electrons. The van der Waals surface area contributed by atoms with Crippen molar-refractivity contribution in [3.63, 3.8) is 0 Å². The molecule has 0 amide bonds. The molecule has 1 aromatic carbocycles. The lowest BCUT2D eigenvalue weighted by Gasteiger charge is -2.08. The number of halogens is 2. The van der Waals surface area contributed by atoms with Crippen molar-refractivity contribution in [2.45, 2.75) is 33.2 Å². The molecule has 0 fully saturated rings. The van der Waals surface area contributed by atoms with E-state index in [0.717, 1.165) is 18.9 Å². The van der Waals surface area contributed by atoms with Gasteiger partial charge in [-0.05, 0) is 31.4 Å². The van der Waals surface area contributed by atoms with Crippen molar-refractivity contribution in [3.8, 4) is 0 Å². The predicted molar refractivity (Wildman–Crippen MR) is 67.2 cm³/mol. The SMILES string of the molecule is CC(C)CCCNCc1cccc(Cl)c1F. The molecular formula is C13H19ClFN. The zero-order valence-corrected chi connectivity index (χ0v) is 10.6. The van der Waals surface area contributed by atoms with Gasteiger partial charge in [-0.3, -0.25) is 0 Å². The van der Waals surface area contributed by atoms with Crippen molar-refractivity contribution >= 4 is 11.6 Å². The third-order valence-electron chi connectivity index (χ3n) is 2.48. The van der Waals surface area contributed by atoms with Crippen LogP contribution in [0.3, 0.4) is 0 Å². The predicted octanol–water partition coefficient (Wildman–Crippen LogP) is 4.00. The van der Waals surface area contributed by atoms with Crippen LogP contribution in [0.4, 0.5) is 4.39 Å². The summed E-state index contributed by atoms with van der Waals surface area (Å²) in [5.41, 5.74) is 0.636. The van der Waals surface area contributed by atoms with Crippen molar-refractivity contribution in [2.75, 3.05) is 6.54 Å². The molecule has 0 aromatic heterocycles. The van der Waals surface area contributed by atoms with Crippen LogP contribution in [0.5, 0.6) is 0 Å². The van der Waals surface area contributed by atoms with Gasteiger partial charge < -0.3 is 5.32 Å². The van der Waals surface area contributed by atoms with E-state index in [4.69, 9.17) is 11.6 Å². The molecule has 0 radical (unpaired) electrons. The quantitative estimate of drug-likeness (QED) is 0.745. The Labute approximate surface area is 102 Å². The lowest BCUT2D eigenvalue weighted by Crippen LogP contribution is -2.16. The zero-order chi connectivity index (χ0) is 12.0. The second kappa shape index (κ2) is 6.87. The van der Waals surface area contributed by atoms with Crippen LogP contribution in [-0.2, 0) is 6.54 Å². The monoisotopic (exact) mass is 243 g/mol. The second-order valence-corrected chi connectivity index (χ2v) is 4.83. The van der Waals surface area contributed by atoms with Gasteiger partial charge in [-0.2, -0.15) is 0 Å². The molecule has 0 saturated heterocycles. The summed E-state index contributed by atoms with van der Waals surface area (Å²) in [6.45, 7) is 5.88. The molecule has 1 N–H and O–H groups in total. The Morgan fingerprint density at radius 1 is 1.38 bits per heavy atom. The van der Waals surface area contributed by atoms with E-state index >= 15 is 0 Å². The Bertz CT molecular complexity index is 326. The van der Waals surface area contributed by atoms with Gasteiger partial charge in [0.25, 0.3) is 0 Å². The number of hydrogen-bond acceptors (Lipinski definition) is 1. The topological polar surface area (TPSA) is 12.0 Å². The number of benzene rings is 1. The van der Waals surface area contributed by atoms with Gasteiger partial charge in [0, 0.05) is 12.1 Å². The first-order chi connectivity index (χ1) is 7.61. The Morgan fingerprint density at radius 3 is 2.81 bits per heavy atom. The minimum atomic E-state index is -0.305. The van der Waals surface area contributed by atoms with Crippen molar-refractivity contribution < 1.29 is 4.39 Å². The molecule has 1 aromatic rings. The summed E-state index contributed by atoms with van der Waals surface area (Å²) in [5.74, 6) is 0.422. The molecule has 0 bridgehead atoms. The second-order valence-electron chi connectivity index (χ2n) is 4.43. The molecule has 0 heterocycles. The summed E-state index contributed by atoms with van der Waals surface area (Å²) < 4.78 is 13.5. The van der Waals surface area contributed by atoms with Crippen LogP contribution in [0, 0.1) is 11.7 Å². The van der Waals surface area contributed by atoms with Crippen LogP contribution in [0.1, 0.15) is 32.3 Å². The average molecular weight is 244 g/mol. The first-order valence-corrected chi connectivity index (χ1v) is 6.12. The van der Waals surface area contributed by atoms with Gasteiger partial charge in [0.05, 0.1) is 5.02 Å². The zero-order valence-electron chi connectivity index (χ0n) is 9.89. The van der Waals surface area contributed by atoms with Crippen LogP contribution in [0.15, 0.2) is 18.2 Å². The molecule has 0 saturated carbocycles. The van der Waals surface area contributed by atoms with Crippen LogP contribution in [-0.4, -0.2) is 6.54 Å². The van der Waals surface area contributed by atoms with E-state index < -0.39 is 0 Å². The van der Waals surface area contributed by atoms with Crippen molar-refractivity contribution in [2.24, 2.45) is 5.92 Å². The maximum absolute atomic E-state index is 13.5. The highest BCUT2D eigenvalue weighted by atomic mass is 35.5. The highest BCUT2D eigenvalue weighted by molar-refractivity contribution is 6.30. The third kappa shape index (κ3) is 4.50.